The van der Waals surface area contributed by atoms with Crippen LogP contribution in [0.3, 0.4) is 0 Å². The number of aromatic amines is 1. The Kier molecular flexibility index (Phi) is 17.8. The number of phenolic OH excluding ortho intramolecular Hbond substituents is 1. The molecule has 0 spiro atoms. The summed E-state index contributed by atoms with van der Waals surface area (Å²) in [5.74, 6) is -1.13. The first-order valence-electron chi connectivity index (χ1n) is 25.8. The van der Waals surface area contributed by atoms with Crippen molar-refractivity contribution in [3.63, 3.8) is 0 Å². The average molecular weight is 939 g/mol. The summed E-state index contributed by atoms with van der Waals surface area (Å²) in [7, 11) is 0. The summed E-state index contributed by atoms with van der Waals surface area (Å²) in [4.78, 5) is 20.5. The fourth-order valence-electron chi connectivity index (χ4n) is 11.4. The number of aromatic nitrogens is 2. The lowest BCUT2D eigenvalue weighted by atomic mass is 9.80. The molecule has 370 valence electrons. The number of unbranched alkanes of at least 4 members (excludes halogenated alkanes) is 4. The van der Waals surface area contributed by atoms with Gasteiger partial charge in [0.15, 0.2) is 0 Å². The molecule has 0 saturated heterocycles. The van der Waals surface area contributed by atoms with Crippen molar-refractivity contribution in [3.8, 4) is 33.9 Å². The summed E-state index contributed by atoms with van der Waals surface area (Å²) in [6, 6.07) is 27.1. The topological polar surface area (TPSA) is 196 Å². The molecule has 2 heterocycles. The summed E-state index contributed by atoms with van der Waals surface area (Å²) in [5, 5.41) is 70.2. The molecule has 7 rings (SSSR count). The molecule has 2 aliphatic rings. The number of hydrogen-bond donors (Lipinski definition) is 7. The van der Waals surface area contributed by atoms with Gasteiger partial charge in [-0.2, -0.15) is 0 Å². The van der Waals surface area contributed by atoms with Crippen LogP contribution >= 0.6 is 0 Å². The Labute approximate surface area is 409 Å². The van der Waals surface area contributed by atoms with E-state index in [4.69, 9.17) is 5.73 Å². The number of H-pyrrole nitrogens is 1. The normalized spacial score (nSPS) is 22.3. The first-order chi connectivity index (χ1) is 33.2. The summed E-state index contributed by atoms with van der Waals surface area (Å²) in [6.07, 6.45) is 16.8. The molecule has 10 heteroatoms. The van der Waals surface area contributed by atoms with Crippen molar-refractivity contribution in [1.82, 2.24) is 9.97 Å². The number of aliphatic hydroxyl groups is 3. The number of carboxylic acid groups (broad SMARTS) is 1. The number of benzene rings is 3. The predicted molar refractivity (Wildman–Crippen MR) is 274 cm³/mol. The number of carboxylic acids is 1. The zero-order valence-corrected chi connectivity index (χ0v) is 41.0. The zero-order chi connectivity index (χ0) is 49.1. The van der Waals surface area contributed by atoms with E-state index in [1.165, 1.54) is 30.9 Å². The van der Waals surface area contributed by atoms with E-state index in [9.17, 15) is 35.4 Å². The lowest BCUT2D eigenvalue weighted by molar-refractivity contribution is -0.269. The number of nitrogens with zero attached hydrogens (tertiary/aromatic N) is 1. The van der Waals surface area contributed by atoms with Crippen LogP contribution in [0.25, 0.3) is 22.4 Å². The van der Waals surface area contributed by atoms with Crippen LogP contribution in [0.5, 0.6) is 11.5 Å². The zero-order valence-electron chi connectivity index (χ0n) is 41.0. The van der Waals surface area contributed by atoms with Gasteiger partial charge >= 0.3 is 5.97 Å². The summed E-state index contributed by atoms with van der Waals surface area (Å²) in [5.41, 5.74) is 12.6. The average Bonchev–Trinajstić information content (AvgIpc) is 3.88. The molecule has 3 aromatic carbocycles. The number of nitrogens with two attached hydrogens (primary N) is 1. The first-order valence-corrected chi connectivity index (χ1v) is 25.8. The highest BCUT2D eigenvalue weighted by Gasteiger charge is 2.46. The smallest absolute Gasteiger partial charge is 0.309 e. The van der Waals surface area contributed by atoms with Crippen molar-refractivity contribution >= 4 is 11.8 Å². The van der Waals surface area contributed by atoms with Gasteiger partial charge in [0.1, 0.15) is 11.6 Å². The molecule has 8 atom stereocenters. The van der Waals surface area contributed by atoms with E-state index < -0.39 is 23.6 Å². The molecule has 0 amide bonds. The molecule has 0 aliphatic heterocycles. The number of nitrogens with one attached hydrogen (secondary N) is 1. The Balaban J connectivity index is 1.08. The summed E-state index contributed by atoms with van der Waals surface area (Å²) in [6.45, 7) is 6.50. The van der Waals surface area contributed by atoms with Gasteiger partial charge in [-0.3, -0.25) is 4.79 Å². The van der Waals surface area contributed by atoms with Crippen LogP contribution in [-0.4, -0.2) is 59.3 Å². The molecule has 8 N–H and O–H groups in total. The second-order valence-electron chi connectivity index (χ2n) is 20.9. The van der Waals surface area contributed by atoms with Crippen LogP contribution in [0.4, 0.5) is 5.82 Å². The minimum absolute atomic E-state index is 0.0875. The van der Waals surface area contributed by atoms with Crippen LogP contribution < -0.4 is 10.8 Å². The van der Waals surface area contributed by atoms with Crippen LogP contribution in [0.1, 0.15) is 145 Å². The fourth-order valence-corrected chi connectivity index (χ4v) is 11.4. The van der Waals surface area contributed by atoms with Gasteiger partial charge in [0, 0.05) is 28.9 Å². The van der Waals surface area contributed by atoms with Crippen molar-refractivity contribution in [2.24, 2.45) is 29.6 Å². The van der Waals surface area contributed by atoms with Crippen LogP contribution in [0, 0.1) is 29.6 Å². The van der Waals surface area contributed by atoms with Gasteiger partial charge < -0.3 is 41.4 Å². The predicted octanol–water partition coefficient (Wildman–Crippen LogP) is 11.3. The molecule has 0 radical (unpaired) electrons. The maximum Gasteiger partial charge on any atom is 0.309 e. The third kappa shape index (κ3) is 13.7. The third-order valence-corrected chi connectivity index (χ3v) is 15.4. The standard InChI is InChI=1S/C59H77N3O7/c1-4-5-8-13-39-20-23-45(54(65)31-39)16-11-7-12-17-49(58(67)68)53(64)24-26-59(69)37-42(28-41-25-27-61-56(60)32-41)29-46(59)33-47-34-50(44-14-9-6-10-15-44)57(62-47)52-35-48(63)36-55(66)51(52)30-40-18-21-43(22-19-40)38(2)3/h6,9-10,14-15,18-23,25,27,32,34-36,38-39,42,45-46,49,53-54,62-66,69H,4-5,7-8,11-13,16-17,24,26,28-31,33,37H2,1-3H3,(H2,60,61)(H,67,68)/p-1/t39-,42-,45-,46+,49+,53-,54-,59+/m1/s1. The van der Waals surface area contributed by atoms with E-state index in [1.54, 1.807) is 12.3 Å². The van der Waals surface area contributed by atoms with Gasteiger partial charge in [0.25, 0.3) is 0 Å². The maximum absolute atomic E-state index is 13.8. The Bertz CT molecular complexity index is 2450. The van der Waals surface area contributed by atoms with E-state index in [-0.39, 0.29) is 48.2 Å². The Morgan fingerprint density at radius 1 is 0.884 bits per heavy atom. The Morgan fingerprint density at radius 2 is 1.65 bits per heavy atom. The van der Waals surface area contributed by atoms with Gasteiger partial charge in [-0.1, -0.05) is 126 Å². The summed E-state index contributed by atoms with van der Waals surface area (Å²) < 4.78 is 0. The fraction of sp³-hybridized carbons (Fsp3) is 0.492. The number of pyridine rings is 1. The lowest BCUT2D eigenvalue weighted by Gasteiger charge is -2.32. The molecule has 5 aromatic rings. The van der Waals surface area contributed by atoms with Gasteiger partial charge in [-0.25, -0.2) is 4.98 Å². The highest BCUT2D eigenvalue weighted by molar-refractivity contribution is 5.85. The van der Waals surface area contributed by atoms with Crippen LogP contribution in [0.2, 0.25) is 0 Å². The van der Waals surface area contributed by atoms with Crippen molar-refractivity contribution in [3.05, 3.63) is 131 Å². The molecule has 10 nitrogen and oxygen atoms in total. The van der Waals surface area contributed by atoms with E-state index in [0.717, 1.165) is 60.1 Å². The van der Waals surface area contributed by atoms with E-state index in [2.05, 4.69) is 73.2 Å². The van der Waals surface area contributed by atoms with Gasteiger partial charge in [-0.15, -0.1) is 5.75 Å². The Hall–Kier alpha value is -5.42. The largest absolute Gasteiger partial charge is 0.872 e. The van der Waals surface area contributed by atoms with E-state index in [1.807, 2.05) is 42.5 Å². The minimum Gasteiger partial charge on any atom is -0.872 e. The molecule has 0 bridgehead atoms. The van der Waals surface area contributed by atoms with Crippen LogP contribution in [-0.2, 0) is 24.1 Å². The molecule has 2 aromatic heterocycles. The van der Waals surface area contributed by atoms with E-state index in [0.29, 0.717) is 79.4 Å². The molecular formula is C59H76N3O7-. The summed E-state index contributed by atoms with van der Waals surface area (Å²) >= 11 is 0. The molecule has 0 unspecified atom stereocenters. The number of rotatable bonds is 24. The molecule has 69 heavy (non-hydrogen) atoms. The number of carbonyl (C=O) groups is 1. The first kappa shape index (κ1) is 51.4. The lowest BCUT2D eigenvalue weighted by Crippen LogP contribution is -2.37. The monoisotopic (exact) mass is 939 g/mol. The van der Waals surface area contributed by atoms with Gasteiger partial charge in [-0.05, 0) is 152 Å². The second-order valence-corrected chi connectivity index (χ2v) is 20.9. The number of phenols is 1. The molecule has 1 fully saturated rings. The van der Waals surface area contributed by atoms with Crippen LogP contribution in [0.15, 0.2) is 103 Å². The van der Waals surface area contributed by atoms with Crippen molar-refractivity contribution in [1.29, 1.82) is 0 Å². The second kappa shape index (κ2) is 23.9. The van der Waals surface area contributed by atoms with Crippen molar-refractivity contribution in [2.45, 2.75) is 154 Å². The number of anilines is 1. The molecule has 1 saturated carbocycles. The number of aliphatic hydroxyl groups excluding tert-OH is 2. The van der Waals surface area contributed by atoms with Crippen molar-refractivity contribution < 1.29 is 35.4 Å². The number of hydrogen-bond acceptors (Lipinski definition) is 8. The number of aliphatic carboxylic acids is 1. The minimum atomic E-state index is -1.21. The number of nitrogen functional groups attached to an aromatic ring is 1. The van der Waals surface area contributed by atoms with Crippen molar-refractivity contribution in [2.75, 3.05) is 5.73 Å². The highest BCUT2D eigenvalue weighted by atomic mass is 16.4. The molecular weight excluding hydrogens is 863 g/mol. The van der Waals surface area contributed by atoms with Gasteiger partial charge in [0.05, 0.1) is 29.4 Å². The third-order valence-electron chi connectivity index (χ3n) is 15.4. The van der Waals surface area contributed by atoms with Gasteiger partial charge in [0.2, 0.25) is 0 Å². The number of aromatic hydroxyl groups is 1. The SMILES string of the molecule is CCCCC[C@@H]1C=C[C@@H](CCCCC[C@H](C(=O)O)[C@H](O)CC[C@]2(O)C[C@H](Cc3ccnc(N)c3)C[C@H]2Cc2cc(-c3ccccc3)c(-c3cc(O)cc([O-])c3Cc3ccc(C(C)C)cc3)[nH]2)[C@H](O)C1. The highest BCUT2D eigenvalue weighted by Crippen LogP contribution is 2.47. The molecule has 2 aliphatic carbocycles. The quantitative estimate of drug-likeness (QED) is 0.0233. The van der Waals surface area contributed by atoms with E-state index >= 15 is 0 Å². The number of allylic oxidation sites excluding steroid dienone is 1. The maximum atomic E-state index is 13.8. The Morgan fingerprint density at radius 3 is 2.36 bits per heavy atom.